The van der Waals surface area contributed by atoms with Crippen LogP contribution in [0.5, 0.6) is 0 Å². The quantitative estimate of drug-likeness (QED) is 0.792. The van der Waals surface area contributed by atoms with Crippen molar-refractivity contribution < 1.29 is 4.79 Å². The Labute approximate surface area is 124 Å². The molecular formula is C11H22ClN5OS. The highest BCUT2D eigenvalue weighted by Gasteiger charge is 2.22. The summed E-state index contributed by atoms with van der Waals surface area (Å²) in [6, 6.07) is 0. The first kappa shape index (κ1) is 18.2. The Bertz CT molecular complexity index is 410. The van der Waals surface area contributed by atoms with Crippen LogP contribution in [0.4, 0.5) is 0 Å². The van der Waals surface area contributed by atoms with Gasteiger partial charge in [-0.15, -0.1) is 22.6 Å². The molecule has 1 aromatic rings. The lowest BCUT2D eigenvalue weighted by molar-refractivity contribution is -0.128. The maximum absolute atomic E-state index is 12.0. The van der Waals surface area contributed by atoms with E-state index in [9.17, 15) is 4.79 Å². The standard InChI is InChI=1S/C11H21N5OS.ClH/c1-6-8(10(17)15(3)4)18-11-14-13-9(7-12-2)16(11)5;/h8,12H,6-7H2,1-5H3;1H. The number of thioether (sulfide) groups is 1. The fourth-order valence-corrected chi connectivity index (χ4v) is 2.57. The largest absolute Gasteiger partial charge is 0.348 e. The van der Waals surface area contributed by atoms with Crippen LogP contribution in [0.1, 0.15) is 19.2 Å². The van der Waals surface area contributed by atoms with Gasteiger partial charge >= 0.3 is 0 Å². The number of carbonyl (C=O) groups is 1. The Hall–Kier alpha value is -0.790. The molecule has 1 atom stereocenters. The number of hydrogen-bond acceptors (Lipinski definition) is 5. The summed E-state index contributed by atoms with van der Waals surface area (Å²) < 4.78 is 1.92. The van der Waals surface area contributed by atoms with E-state index in [2.05, 4.69) is 15.5 Å². The molecule has 0 fully saturated rings. The van der Waals surface area contributed by atoms with Crippen LogP contribution >= 0.6 is 24.2 Å². The lowest BCUT2D eigenvalue weighted by Crippen LogP contribution is -2.31. The van der Waals surface area contributed by atoms with Crippen molar-refractivity contribution in [2.45, 2.75) is 30.3 Å². The molecular weight excluding hydrogens is 286 g/mol. The molecule has 8 heteroatoms. The van der Waals surface area contributed by atoms with Gasteiger partial charge < -0.3 is 14.8 Å². The normalized spacial score (nSPS) is 11.8. The fraction of sp³-hybridized carbons (Fsp3) is 0.727. The van der Waals surface area contributed by atoms with E-state index in [-0.39, 0.29) is 23.6 Å². The summed E-state index contributed by atoms with van der Waals surface area (Å²) in [5.41, 5.74) is 0. The minimum atomic E-state index is -0.106. The van der Waals surface area contributed by atoms with Crippen molar-refractivity contribution in [2.75, 3.05) is 21.1 Å². The average molecular weight is 308 g/mol. The summed E-state index contributed by atoms with van der Waals surface area (Å²) in [5, 5.41) is 11.9. The third-order valence-corrected chi connectivity index (χ3v) is 3.98. The molecule has 1 rings (SSSR count). The van der Waals surface area contributed by atoms with E-state index in [1.165, 1.54) is 11.8 Å². The second-order valence-electron chi connectivity index (χ2n) is 4.24. The molecule has 1 amide bonds. The van der Waals surface area contributed by atoms with Crippen molar-refractivity contribution in [3.05, 3.63) is 5.82 Å². The van der Waals surface area contributed by atoms with Gasteiger partial charge in [0.2, 0.25) is 5.91 Å². The average Bonchev–Trinajstić information content (AvgIpc) is 2.68. The first-order chi connectivity index (χ1) is 8.51. The van der Waals surface area contributed by atoms with Crippen LogP contribution in [0.2, 0.25) is 0 Å². The van der Waals surface area contributed by atoms with Crippen molar-refractivity contribution in [1.29, 1.82) is 0 Å². The molecule has 1 heterocycles. The molecule has 0 aliphatic rings. The number of hydrogen-bond donors (Lipinski definition) is 1. The minimum Gasteiger partial charge on any atom is -0.348 e. The minimum absolute atomic E-state index is 0. The third-order valence-electron chi connectivity index (χ3n) is 2.59. The second-order valence-corrected chi connectivity index (χ2v) is 5.41. The van der Waals surface area contributed by atoms with Gasteiger partial charge in [0.1, 0.15) is 5.82 Å². The highest BCUT2D eigenvalue weighted by Crippen LogP contribution is 2.24. The second kappa shape index (κ2) is 8.39. The van der Waals surface area contributed by atoms with Gasteiger partial charge in [-0.3, -0.25) is 4.79 Å². The van der Waals surface area contributed by atoms with E-state index in [4.69, 9.17) is 0 Å². The molecule has 1 N–H and O–H groups in total. The fourth-order valence-electron chi connectivity index (χ4n) is 1.48. The molecule has 1 unspecified atom stereocenters. The van der Waals surface area contributed by atoms with E-state index in [0.29, 0.717) is 6.54 Å². The summed E-state index contributed by atoms with van der Waals surface area (Å²) in [6.45, 7) is 2.67. The topological polar surface area (TPSA) is 63.1 Å². The molecule has 0 aliphatic carbocycles. The number of aromatic nitrogens is 3. The highest BCUT2D eigenvalue weighted by atomic mass is 35.5. The number of nitrogens with one attached hydrogen (secondary N) is 1. The monoisotopic (exact) mass is 307 g/mol. The predicted octanol–water partition coefficient (Wildman–Crippen LogP) is 0.915. The Balaban J connectivity index is 0.00000324. The molecule has 1 aromatic heterocycles. The highest BCUT2D eigenvalue weighted by molar-refractivity contribution is 8.00. The molecule has 6 nitrogen and oxygen atoms in total. The van der Waals surface area contributed by atoms with Gasteiger partial charge in [-0.1, -0.05) is 18.7 Å². The maximum atomic E-state index is 12.0. The Kier molecular flexibility index (Phi) is 8.05. The van der Waals surface area contributed by atoms with Crippen LogP contribution in [0.3, 0.4) is 0 Å². The zero-order valence-electron chi connectivity index (χ0n) is 12.0. The van der Waals surface area contributed by atoms with Crippen LogP contribution in [-0.4, -0.2) is 52.0 Å². The smallest absolute Gasteiger partial charge is 0.235 e. The molecule has 0 aliphatic heterocycles. The van der Waals surface area contributed by atoms with Crippen molar-refractivity contribution in [3.63, 3.8) is 0 Å². The molecule has 0 radical (unpaired) electrons. The molecule has 0 saturated heterocycles. The molecule has 19 heavy (non-hydrogen) atoms. The number of carbonyl (C=O) groups excluding carboxylic acids is 1. The summed E-state index contributed by atoms with van der Waals surface area (Å²) in [5.74, 6) is 0.979. The van der Waals surface area contributed by atoms with Gasteiger partial charge in [0.15, 0.2) is 5.16 Å². The van der Waals surface area contributed by atoms with Crippen LogP contribution in [0.25, 0.3) is 0 Å². The Morgan fingerprint density at radius 2 is 2.11 bits per heavy atom. The predicted molar refractivity (Wildman–Crippen MR) is 79.6 cm³/mol. The first-order valence-corrected chi connectivity index (χ1v) is 6.79. The van der Waals surface area contributed by atoms with Crippen LogP contribution in [-0.2, 0) is 18.4 Å². The van der Waals surface area contributed by atoms with Crippen molar-refractivity contribution in [3.8, 4) is 0 Å². The number of amides is 1. The molecule has 0 bridgehead atoms. The zero-order valence-corrected chi connectivity index (χ0v) is 13.6. The van der Waals surface area contributed by atoms with E-state index in [1.807, 2.05) is 25.6 Å². The summed E-state index contributed by atoms with van der Waals surface area (Å²) >= 11 is 1.47. The third kappa shape index (κ3) is 4.67. The molecule has 0 spiro atoms. The van der Waals surface area contributed by atoms with Gasteiger partial charge in [-0.25, -0.2) is 0 Å². The van der Waals surface area contributed by atoms with E-state index < -0.39 is 0 Å². The maximum Gasteiger partial charge on any atom is 0.235 e. The summed E-state index contributed by atoms with van der Waals surface area (Å²) in [4.78, 5) is 13.6. The van der Waals surface area contributed by atoms with Crippen molar-refractivity contribution >= 4 is 30.1 Å². The first-order valence-electron chi connectivity index (χ1n) is 5.91. The summed E-state index contributed by atoms with van der Waals surface area (Å²) in [6.07, 6.45) is 0.774. The van der Waals surface area contributed by atoms with Crippen LogP contribution in [0, 0.1) is 0 Å². The van der Waals surface area contributed by atoms with Crippen LogP contribution in [0.15, 0.2) is 5.16 Å². The molecule has 0 saturated carbocycles. The molecule has 0 aromatic carbocycles. The van der Waals surface area contributed by atoms with Gasteiger partial charge in [-0.2, -0.15) is 0 Å². The zero-order chi connectivity index (χ0) is 13.7. The van der Waals surface area contributed by atoms with E-state index in [1.54, 1.807) is 19.0 Å². The number of rotatable bonds is 6. The lowest BCUT2D eigenvalue weighted by Gasteiger charge is -2.18. The molecule has 110 valence electrons. The van der Waals surface area contributed by atoms with Gasteiger partial charge in [0.05, 0.1) is 11.8 Å². The Morgan fingerprint density at radius 3 is 2.58 bits per heavy atom. The van der Waals surface area contributed by atoms with Crippen LogP contribution < -0.4 is 5.32 Å². The SMILES string of the molecule is CCC(Sc1nnc(CNC)n1C)C(=O)N(C)C.Cl. The van der Waals surface area contributed by atoms with Gasteiger partial charge in [0.25, 0.3) is 0 Å². The van der Waals surface area contributed by atoms with E-state index in [0.717, 1.165) is 17.4 Å². The number of nitrogens with zero attached hydrogens (tertiary/aromatic N) is 4. The van der Waals surface area contributed by atoms with Gasteiger partial charge in [0, 0.05) is 21.1 Å². The van der Waals surface area contributed by atoms with Crippen molar-refractivity contribution in [1.82, 2.24) is 25.0 Å². The number of halogens is 1. The van der Waals surface area contributed by atoms with E-state index >= 15 is 0 Å². The van der Waals surface area contributed by atoms with Crippen molar-refractivity contribution in [2.24, 2.45) is 7.05 Å². The van der Waals surface area contributed by atoms with Gasteiger partial charge in [-0.05, 0) is 13.5 Å². The Morgan fingerprint density at radius 1 is 1.47 bits per heavy atom. The lowest BCUT2D eigenvalue weighted by atomic mass is 10.3. The summed E-state index contributed by atoms with van der Waals surface area (Å²) in [7, 11) is 7.33.